The molecule has 1 nitrogen and oxygen atoms in total. The third kappa shape index (κ3) is 2.64. The van der Waals surface area contributed by atoms with E-state index in [-0.39, 0.29) is 6.04 Å². The summed E-state index contributed by atoms with van der Waals surface area (Å²) in [4.78, 5) is 0. The lowest BCUT2D eigenvalue weighted by atomic mass is 10.1. The van der Waals surface area contributed by atoms with Gasteiger partial charge in [0.05, 0.1) is 0 Å². The van der Waals surface area contributed by atoms with E-state index in [1.807, 2.05) is 6.92 Å². The first-order chi connectivity index (χ1) is 6.65. The Labute approximate surface area is 82.4 Å². The van der Waals surface area contributed by atoms with Crippen LogP contribution in [0.2, 0.25) is 0 Å². The Balaban J connectivity index is 2.75. The van der Waals surface area contributed by atoms with Crippen molar-refractivity contribution in [3.63, 3.8) is 0 Å². The summed E-state index contributed by atoms with van der Waals surface area (Å²) in [6.45, 7) is 6.09. The number of nitrogens with one attached hydrogen (secondary N) is 1. The van der Waals surface area contributed by atoms with Gasteiger partial charge in [0.15, 0.2) is 11.6 Å². The van der Waals surface area contributed by atoms with Crippen LogP contribution in [0.4, 0.5) is 8.78 Å². The monoisotopic (exact) mass is 197 g/mol. The predicted octanol–water partition coefficient (Wildman–Crippen LogP) is 2.80. The lowest BCUT2D eigenvalue weighted by Gasteiger charge is -2.12. The van der Waals surface area contributed by atoms with Crippen LogP contribution in [0, 0.1) is 11.6 Å². The molecule has 0 aliphatic carbocycles. The molecule has 0 fully saturated rings. The number of halogens is 2. The van der Waals surface area contributed by atoms with Crippen LogP contribution in [0.25, 0.3) is 0 Å². The van der Waals surface area contributed by atoms with Gasteiger partial charge in [0.25, 0.3) is 0 Å². The SMILES string of the molecule is C=CCN[C@@H](C)c1ccc(F)c(F)c1. The molecule has 0 spiro atoms. The topological polar surface area (TPSA) is 12.0 Å². The second-order valence-corrected chi connectivity index (χ2v) is 3.09. The summed E-state index contributed by atoms with van der Waals surface area (Å²) in [5, 5.41) is 3.09. The van der Waals surface area contributed by atoms with E-state index in [0.717, 1.165) is 11.6 Å². The van der Waals surface area contributed by atoms with Gasteiger partial charge >= 0.3 is 0 Å². The van der Waals surface area contributed by atoms with Gasteiger partial charge in [-0.3, -0.25) is 0 Å². The summed E-state index contributed by atoms with van der Waals surface area (Å²) in [7, 11) is 0. The van der Waals surface area contributed by atoms with E-state index < -0.39 is 11.6 Å². The summed E-state index contributed by atoms with van der Waals surface area (Å²) in [6.07, 6.45) is 1.72. The smallest absolute Gasteiger partial charge is 0.159 e. The van der Waals surface area contributed by atoms with Crippen molar-refractivity contribution < 1.29 is 8.78 Å². The van der Waals surface area contributed by atoms with Gasteiger partial charge in [-0.05, 0) is 24.6 Å². The zero-order valence-electron chi connectivity index (χ0n) is 8.06. The Bertz CT molecular complexity index is 323. The van der Waals surface area contributed by atoms with Crippen LogP contribution in [-0.2, 0) is 0 Å². The first-order valence-corrected chi connectivity index (χ1v) is 4.44. The summed E-state index contributed by atoms with van der Waals surface area (Å²) < 4.78 is 25.4. The minimum Gasteiger partial charge on any atom is -0.307 e. The molecule has 0 saturated carbocycles. The number of hydrogen-bond acceptors (Lipinski definition) is 1. The van der Waals surface area contributed by atoms with Gasteiger partial charge in [-0.25, -0.2) is 8.78 Å². The van der Waals surface area contributed by atoms with Gasteiger partial charge in [-0.1, -0.05) is 12.1 Å². The third-order valence-electron chi connectivity index (χ3n) is 2.01. The first-order valence-electron chi connectivity index (χ1n) is 4.44. The van der Waals surface area contributed by atoms with Crippen LogP contribution in [-0.4, -0.2) is 6.54 Å². The molecule has 0 radical (unpaired) electrons. The van der Waals surface area contributed by atoms with E-state index in [0.29, 0.717) is 6.54 Å². The highest BCUT2D eigenvalue weighted by Gasteiger charge is 2.07. The molecular formula is C11H13F2N. The van der Waals surface area contributed by atoms with Crippen LogP contribution in [0.1, 0.15) is 18.5 Å². The van der Waals surface area contributed by atoms with E-state index in [9.17, 15) is 8.78 Å². The second-order valence-electron chi connectivity index (χ2n) is 3.09. The van der Waals surface area contributed by atoms with Crippen LogP contribution in [0.5, 0.6) is 0 Å². The minimum atomic E-state index is -0.815. The standard InChI is InChI=1S/C11H13F2N/c1-3-6-14-8(2)9-4-5-10(12)11(13)7-9/h3-5,7-8,14H,1,6H2,2H3/t8-/m0/s1. The molecular weight excluding hydrogens is 184 g/mol. The fourth-order valence-electron chi connectivity index (χ4n) is 1.16. The first kappa shape index (κ1) is 10.9. The lowest BCUT2D eigenvalue weighted by molar-refractivity contribution is 0.503. The number of rotatable bonds is 4. The zero-order chi connectivity index (χ0) is 10.6. The summed E-state index contributed by atoms with van der Waals surface area (Å²) in [5.74, 6) is -1.63. The average molecular weight is 197 g/mol. The van der Waals surface area contributed by atoms with Crippen molar-refractivity contribution in [2.24, 2.45) is 0 Å². The largest absolute Gasteiger partial charge is 0.307 e. The van der Waals surface area contributed by atoms with E-state index in [2.05, 4.69) is 11.9 Å². The van der Waals surface area contributed by atoms with Crippen molar-refractivity contribution in [2.45, 2.75) is 13.0 Å². The average Bonchev–Trinajstić information content (AvgIpc) is 2.18. The Morgan fingerprint density at radius 3 is 2.71 bits per heavy atom. The normalized spacial score (nSPS) is 12.5. The molecule has 0 amide bonds. The van der Waals surface area contributed by atoms with E-state index in [1.165, 1.54) is 6.07 Å². The van der Waals surface area contributed by atoms with Gasteiger partial charge in [-0.2, -0.15) is 0 Å². The fourth-order valence-corrected chi connectivity index (χ4v) is 1.16. The molecule has 1 N–H and O–H groups in total. The summed E-state index contributed by atoms with van der Waals surface area (Å²) in [6, 6.07) is 3.90. The van der Waals surface area contributed by atoms with Crippen LogP contribution >= 0.6 is 0 Å². The van der Waals surface area contributed by atoms with Gasteiger partial charge < -0.3 is 5.32 Å². The molecule has 0 aliphatic heterocycles. The molecule has 0 bridgehead atoms. The Hall–Kier alpha value is -1.22. The molecule has 14 heavy (non-hydrogen) atoms. The molecule has 76 valence electrons. The van der Waals surface area contributed by atoms with Crippen LogP contribution < -0.4 is 5.32 Å². The molecule has 0 aliphatic rings. The third-order valence-corrected chi connectivity index (χ3v) is 2.01. The van der Waals surface area contributed by atoms with Crippen molar-refractivity contribution in [3.05, 3.63) is 48.1 Å². The van der Waals surface area contributed by atoms with Crippen LogP contribution in [0.3, 0.4) is 0 Å². The van der Waals surface area contributed by atoms with Crippen molar-refractivity contribution in [3.8, 4) is 0 Å². The molecule has 0 unspecified atom stereocenters. The molecule has 0 aromatic heterocycles. The van der Waals surface area contributed by atoms with E-state index >= 15 is 0 Å². The zero-order valence-corrected chi connectivity index (χ0v) is 8.06. The van der Waals surface area contributed by atoms with Gasteiger partial charge in [0.2, 0.25) is 0 Å². The van der Waals surface area contributed by atoms with E-state index in [1.54, 1.807) is 12.1 Å². The quantitative estimate of drug-likeness (QED) is 0.732. The van der Waals surface area contributed by atoms with E-state index in [4.69, 9.17) is 0 Å². The highest BCUT2D eigenvalue weighted by molar-refractivity contribution is 5.20. The highest BCUT2D eigenvalue weighted by Crippen LogP contribution is 2.15. The van der Waals surface area contributed by atoms with Gasteiger partial charge in [0.1, 0.15) is 0 Å². The second kappa shape index (κ2) is 4.86. The maximum atomic E-state index is 12.8. The molecule has 0 heterocycles. The Kier molecular flexibility index (Phi) is 3.77. The Morgan fingerprint density at radius 2 is 2.14 bits per heavy atom. The number of hydrogen-bond donors (Lipinski definition) is 1. The predicted molar refractivity (Wildman–Crippen MR) is 53.0 cm³/mol. The molecule has 3 heteroatoms. The molecule has 1 aromatic rings. The van der Waals surface area contributed by atoms with Crippen LogP contribution in [0.15, 0.2) is 30.9 Å². The fraction of sp³-hybridized carbons (Fsp3) is 0.273. The highest BCUT2D eigenvalue weighted by atomic mass is 19.2. The summed E-state index contributed by atoms with van der Waals surface area (Å²) >= 11 is 0. The maximum absolute atomic E-state index is 12.8. The van der Waals surface area contributed by atoms with Crippen molar-refractivity contribution >= 4 is 0 Å². The number of benzene rings is 1. The molecule has 0 saturated heterocycles. The molecule has 1 rings (SSSR count). The van der Waals surface area contributed by atoms with Gasteiger partial charge in [0, 0.05) is 12.6 Å². The lowest BCUT2D eigenvalue weighted by Crippen LogP contribution is -2.18. The molecule has 1 aromatic carbocycles. The van der Waals surface area contributed by atoms with Gasteiger partial charge in [-0.15, -0.1) is 6.58 Å². The van der Waals surface area contributed by atoms with Crippen molar-refractivity contribution in [2.75, 3.05) is 6.54 Å². The van der Waals surface area contributed by atoms with Crippen molar-refractivity contribution in [1.82, 2.24) is 5.32 Å². The summed E-state index contributed by atoms with van der Waals surface area (Å²) in [5.41, 5.74) is 0.728. The molecule has 1 atom stereocenters. The minimum absolute atomic E-state index is 0.0110. The van der Waals surface area contributed by atoms with Crippen molar-refractivity contribution in [1.29, 1.82) is 0 Å². The maximum Gasteiger partial charge on any atom is 0.159 e. The Morgan fingerprint density at radius 1 is 1.43 bits per heavy atom.